The number of amides is 1. The lowest BCUT2D eigenvalue weighted by Gasteiger charge is -2.40. The largest absolute Gasteiger partial charge is 0.379 e. The van der Waals surface area contributed by atoms with Gasteiger partial charge in [0.25, 0.3) is 0 Å². The molecule has 1 aromatic heterocycles. The van der Waals surface area contributed by atoms with Crippen LogP contribution in [-0.4, -0.2) is 35.6 Å². The van der Waals surface area contributed by atoms with Gasteiger partial charge in [0.15, 0.2) is 0 Å². The summed E-state index contributed by atoms with van der Waals surface area (Å²) in [6, 6.07) is 0. The zero-order valence-corrected chi connectivity index (χ0v) is 12.7. The highest BCUT2D eigenvalue weighted by Gasteiger charge is 2.54. The molecule has 0 saturated heterocycles. The van der Waals surface area contributed by atoms with E-state index in [4.69, 9.17) is 16.3 Å². The van der Waals surface area contributed by atoms with Gasteiger partial charge in [0.1, 0.15) is 0 Å². The van der Waals surface area contributed by atoms with E-state index < -0.39 is 5.41 Å². The molecule has 6 heteroatoms. The van der Waals surface area contributed by atoms with Crippen molar-refractivity contribution >= 4 is 23.2 Å². The van der Waals surface area contributed by atoms with Gasteiger partial charge >= 0.3 is 0 Å². The van der Waals surface area contributed by atoms with Gasteiger partial charge in [0.05, 0.1) is 28.6 Å². The maximum atomic E-state index is 12.7. The average Bonchev–Trinajstić information content (AvgIpc) is 2.65. The van der Waals surface area contributed by atoms with E-state index >= 15 is 0 Å². The number of likely N-dealkylation sites (N-methyl/N-ethyl adjacent to an activating group) is 1. The number of rotatable bonds is 1. The second kappa shape index (κ2) is 4.40. The van der Waals surface area contributed by atoms with Gasteiger partial charge in [-0.15, -0.1) is 0 Å². The van der Waals surface area contributed by atoms with Crippen LogP contribution in [0.25, 0.3) is 0 Å². The zero-order valence-electron chi connectivity index (χ0n) is 11.9. The average molecular weight is 296 g/mol. The molecule has 0 bridgehead atoms. The summed E-state index contributed by atoms with van der Waals surface area (Å²) in [5.41, 5.74) is 0.863. The van der Waals surface area contributed by atoms with E-state index in [9.17, 15) is 4.79 Å². The van der Waals surface area contributed by atoms with Crippen LogP contribution in [0.4, 0.5) is 5.69 Å². The highest BCUT2D eigenvalue weighted by Crippen LogP contribution is 2.51. The summed E-state index contributed by atoms with van der Waals surface area (Å²) in [5, 5.41) is 0.200. The Bertz CT molecular complexity index is 568. The Morgan fingerprint density at radius 2 is 2.00 bits per heavy atom. The number of nitrogens with zero attached hydrogens (tertiary/aromatic N) is 3. The number of aromatic nitrogens is 2. The normalized spacial score (nSPS) is 32.8. The van der Waals surface area contributed by atoms with Crippen molar-refractivity contribution in [3.05, 3.63) is 17.2 Å². The Balaban J connectivity index is 2.03. The molecular weight excluding hydrogens is 278 g/mol. The van der Waals surface area contributed by atoms with Gasteiger partial charge in [0, 0.05) is 14.2 Å². The van der Waals surface area contributed by atoms with Crippen molar-refractivity contribution in [3.8, 4) is 0 Å². The summed E-state index contributed by atoms with van der Waals surface area (Å²) in [7, 11) is 3.50. The SMILES string of the molecule is COC1(C)CCC2(CC1)C(=O)N(C)c1cnc(Cl)nc12. The summed E-state index contributed by atoms with van der Waals surface area (Å²) in [5.74, 6) is 0.0993. The van der Waals surface area contributed by atoms with E-state index in [0.29, 0.717) is 0 Å². The second-order valence-corrected chi connectivity index (χ2v) is 6.31. The predicted molar refractivity (Wildman–Crippen MR) is 76.0 cm³/mol. The van der Waals surface area contributed by atoms with Crippen LogP contribution in [0.2, 0.25) is 5.28 Å². The van der Waals surface area contributed by atoms with Crippen LogP contribution in [0.15, 0.2) is 6.20 Å². The molecular formula is C14H18ClN3O2. The topological polar surface area (TPSA) is 55.3 Å². The highest BCUT2D eigenvalue weighted by atomic mass is 35.5. The minimum atomic E-state index is -0.547. The number of ether oxygens (including phenoxy) is 1. The Morgan fingerprint density at radius 3 is 2.60 bits per heavy atom. The van der Waals surface area contributed by atoms with Crippen LogP contribution in [0, 0.1) is 0 Å². The van der Waals surface area contributed by atoms with Gasteiger partial charge in [-0.3, -0.25) is 4.79 Å². The second-order valence-electron chi connectivity index (χ2n) is 5.97. The van der Waals surface area contributed by atoms with Gasteiger partial charge in [-0.25, -0.2) is 9.97 Å². The molecule has 0 atom stereocenters. The van der Waals surface area contributed by atoms with Crippen molar-refractivity contribution in [2.75, 3.05) is 19.1 Å². The molecule has 0 radical (unpaired) electrons. The third-order valence-corrected chi connectivity index (χ3v) is 5.10. The molecule has 3 rings (SSSR count). The summed E-state index contributed by atoms with van der Waals surface area (Å²) in [6.45, 7) is 2.09. The molecule has 2 aliphatic rings. The van der Waals surface area contributed by atoms with Crippen LogP contribution in [0.5, 0.6) is 0 Å². The van der Waals surface area contributed by atoms with Crippen LogP contribution in [0.1, 0.15) is 38.3 Å². The first-order valence-electron chi connectivity index (χ1n) is 6.78. The summed E-state index contributed by atoms with van der Waals surface area (Å²) >= 11 is 5.93. The molecule has 5 nitrogen and oxygen atoms in total. The van der Waals surface area contributed by atoms with Crippen LogP contribution in [-0.2, 0) is 14.9 Å². The predicted octanol–water partition coefficient (Wildman–Crippen LogP) is 2.32. The molecule has 1 aliphatic heterocycles. The first kappa shape index (κ1) is 13.8. The highest BCUT2D eigenvalue weighted by molar-refractivity contribution is 6.28. The van der Waals surface area contributed by atoms with Crippen molar-refractivity contribution in [1.82, 2.24) is 9.97 Å². The smallest absolute Gasteiger partial charge is 0.239 e. The summed E-state index contributed by atoms with van der Waals surface area (Å²) in [6.07, 6.45) is 4.79. The molecule has 0 N–H and O–H groups in total. The molecule has 2 heterocycles. The van der Waals surface area contributed by atoms with E-state index in [1.54, 1.807) is 25.3 Å². The van der Waals surface area contributed by atoms with Gasteiger partial charge in [-0.05, 0) is 44.2 Å². The van der Waals surface area contributed by atoms with Crippen LogP contribution in [0.3, 0.4) is 0 Å². The Morgan fingerprint density at radius 1 is 1.35 bits per heavy atom. The number of halogens is 1. The van der Waals surface area contributed by atoms with E-state index in [0.717, 1.165) is 37.1 Å². The van der Waals surface area contributed by atoms with Crippen molar-refractivity contribution in [2.45, 2.75) is 43.6 Å². The fourth-order valence-electron chi connectivity index (χ4n) is 3.34. The monoisotopic (exact) mass is 295 g/mol. The fraction of sp³-hybridized carbons (Fsp3) is 0.643. The lowest BCUT2D eigenvalue weighted by Crippen LogP contribution is -2.46. The number of fused-ring (bicyclic) bond motifs is 2. The Kier molecular flexibility index (Phi) is 3.03. The van der Waals surface area contributed by atoms with Gasteiger partial charge < -0.3 is 9.64 Å². The number of carbonyl (C=O) groups excluding carboxylic acids is 1. The van der Waals surface area contributed by atoms with Crippen LogP contribution >= 0.6 is 11.6 Å². The molecule has 0 aromatic carbocycles. The zero-order chi connectivity index (χ0) is 14.5. The Labute approximate surface area is 123 Å². The van der Waals surface area contributed by atoms with E-state index in [1.807, 2.05) is 0 Å². The third-order valence-electron chi connectivity index (χ3n) is 4.92. The number of carbonyl (C=O) groups is 1. The molecule has 1 amide bonds. The molecule has 20 heavy (non-hydrogen) atoms. The van der Waals surface area contributed by atoms with Gasteiger partial charge in [0.2, 0.25) is 11.2 Å². The third kappa shape index (κ3) is 1.76. The maximum Gasteiger partial charge on any atom is 0.239 e. The lowest BCUT2D eigenvalue weighted by atomic mass is 9.67. The van der Waals surface area contributed by atoms with E-state index in [2.05, 4.69) is 16.9 Å². The molecule has 0 unspecified atom stereocenters. The number of hydrogen-bond acceptors (Lipinski definition) is 4. The van der Waals surface area contributed by atoms with Gasteiger partial charge in [-0.1, -0.05) is 0 Å². The van der Waals surface area contributed by atoms with E-state index in [1.165, 1.54) is 0 Å². The van der Waals surface area contributed by atoms with Crippen molar-refractivity contribution in [1.29, 1.82) is 0 Å². The fourth-order valence-corrected chi connectivity index (χ4v) is 3.48. The molecule has 1 aromatic rings. The van der Waals surface area contributed by atoms with Gasteiger partial charge in [-0.2, -0.15) is 0 Å². The van der Waals surface area contributed by atoms with Crippen molar-refractivity contribution in [2.24, 2.45) is 0 Å². The minimum absolute atomic E-state index is 0.0993. The first-order chi connectivity index (χ1) is 9.42. The van der Waals surface area contributed by atoms with Crippen LogP contribution < -0.4 is 4.90 Å². The number of hydrogen-bond donors (Lipinski definition) is 0. The molecule has 1 saturated carbocycles. The summed E-state index contributed by atoms with van der Waals surface area (Å²) < 4.78 is 5.57. The molecule has 1 spiro atoms. The number of anilines is 1. The van der Waals surface area contributed by atoms with E-state index in [-0.39, 0.29) is 16.8 Å². The minimum Gasteiger partial charge on any atom is -0.379 e. The quantitative estimate of drug-likeness (QED) is 0.746. The number of methoxy groups -OCH3 is 1. The Hall–Kier alpha value is -1.20. The molecule has 108 valence electrons. The standard InChI is InChI=1S/C14H18ClN3O2/c1-13(20-3)4-6-14(7-5-13)10-9(18(2)11(14)19)8-16-12(15)17-10/h8H,4-7H2,1-3H3. The lowest BCUT2D eigenvalue weighted by molar-refractivity contribution is -0.127. The molecule has 1 aliphatic carbocycles. The summed E-state index contributed by atoms with van der Waals surface area (Å²) in [4.78, 5) is 22.7. The first-order valence-corrected chi connectivity index (χ1v) is 7.16. The maximum absolute atomic E-state index is 12.7. The van der Waals surface area contributed by atoms with Crippen molar-refractivity contribution < 1.29 is 9.53 Å². The van der Waals surface area contributed by atoms with Crippen molar-refractivity contribution in [3.63, 3.8) is 0 Å². The molecule has 1 fully saturated rings.